The molecule has 176 valence electrons. The summed E-state index contributed by atoms with van der Waals surface area (Å²) in [6.07, 6.45) is -3.80. The molecular formula is C22H16ClF4N5O2. The van der Waals surface area contributed by atoms with Crippen LogP contribution in [0.2, 0.25) is 5.02 Å². The van der Waals surface area contributed by atoms with Crippen LogP contribution in [-0.4, -0.2) is 44.4 Å². The molecule has 1 amide bonds. The third-order valence-electron chi connectivity index (χ3n) is 5.29. The Morgan fingerprint density at radius 3 is 2.71 bits per heavy atom. The number of rotatable bonds is 4. The van der Waals surface area contributed by atoms with Crippen molar-refractivity contribution in [2.24, 2.45) is 0 Å². The minimum atomic E-state index is -4.66. The van der Waals surface area contributed by atoms with Gasteiger partial charge in [0.25, 0.3) is 5.91 Å². The average Bonchev–Trinajstić information content (AvgIpc) is 3.22. The molecule has 4 rings (SSSR count). The summed E-state index contributed by atoms with van der Waals surface area (Å²) in [4.78, 5) is 18.7. The highest BCUT2D eigenvalue weighted by atomic mass is 35.5. The molecular weight excluding hydrogens is 478 g/mol. The number of nitrogens with zero attached hydrogens (tertiary/aromatic N) is 5. The highest BCUT2D eigenvalue weighted by Gasteiger charge is 2.39. The second-order valence-electron chi connectivity index (χ2n) is 7.57. The number of pyridine rings is 1. The Balaban J connectivity index is 1.64. The number of halogens is 5. The molecule has 0 N–H and O–H groups in total. The van der Waals surface area contributed by atoms with Crippen molar-refractivity contribution in [1.82, 2.24) is 19.7 Å². The van der Waals surface area contributed by atoms with Gasteiger partial charge in [0, 0.05) is 31.3 Å². The lowest BCUT2D eigenvalue weighted by molar-refractivity contribution is -0.189. The molecule has 1 aromatic carbocycles. The molecule has 0 spiro atoms. The van der Waals surface area contributed by atoms with Gasteiger partial charge in [0.2, 0.25) is 0 Å². The number of carbonyl (C=O) groups excluding carboxylic acids is 1. The normalized spacial score (nSPS) is 14.3. The van der Waals surface area contributed by atoms with Crippen molar-refractivity contribution in [1.29, 1.82) is 5.26 Å². The highest BCUT2D eigenvalue weighted by Crippen LogP contribution is 2.35. The van der Waals surface area contributed by atoms with Crippen molar-refractivity contribution >= 4 is 17.5 Å². The van der Waals surface area contributed by atoms with Gasteiger partial charge in [0.15, 0.2) is 11.9 Å². The number of ether oxygens (including phenoxy) is 1. The van der Waals surface area contributed by atoms with Crippen LogP contribution in [0.25, 0.3) is 5.82 Å². The second-order valence-corrected chi connectivity index (χ2v) is 7.95. The Morgan fingerprint density at radius 2 is 2.06 bits per heavy atom. The van der Waals surface area contributed by atoms with Crippen molar-refractivity contribution in [2.45, 2.75) is 32.2 Å². The Morgan fingerprint density at radius 1 is 1.29 bits per heavy atom. The summed E-state index contributed by atoms with van der Waals surface area (Å²) in [5.74, 6) is -1.15. The molecule has 0 radical (unpaired) electrons. The molecule has 1 aliphatic rings. The predicted molar refractivity (Wildman–Crippen MR) is 112 cm³/mol. The number of amides is 1. The van der Waals surface area contributed by atoms with Crippen LogP contribution in [0.3, 0.4) is 0 Å². The van der Waals surface area contributed by atoms with Crippen molar-refractivity contribution in [2.75, 3.05) is 6.54 Å². The minimum absolute atomic E-state index is 0.0649. The smallest absolute Gasteiger partial charge is 0.425 e. The van der Waals surface area contributed by atoms with Crippen LogP contribution < -0.4 is 4.74 Å². The molecule has 0 fully saturated rings. The molecule has 3 aromatic rings. The summed E-state index contributed by atoms with van der Waals surface area (Å²) in [5.41, 5.74) is 1.01. The van der Waals surface area contributed by atoms with E-state index >= 15 is 0 Å². The van der Waals surface area contributed by atoms with Gasteiger partial charge in [-0.05, 0) is 31.2 Å². The molecule has 34 heavy (non-hydrogen) atoms. The Hall–Kier alpha value is -3.65. The van der Waals surface area contributed by atoms with Gasteiger partial charge in [-0.2, -0.15) is 23.5 Å². The van der Waals surface area contributed by atoms with Crippen LogP contribution in [0.4, 0.5) is 17.6 Å². The molecule has 1 atom stereocenters. The predicted octanol–water partition coefficient (Wildman–Crippen LogP) is 4.46. The monoisotopic (exact) mass is 493 g/mol. The number of aromatic nitrogens is 3. The fraction of sp³-hybridized carbons (Fsp3) is 0.273. The van der Waals surface area contributed by atoms with E-state index in [0.717, 1.165) is 19.2 Å². The number of alkyl halides is 3. The van der Waals surface area contributed by atoms with Crippen LogP contribution in [-0.2, 0) is 13.0 Å². The number of hydrogen-bond acceptors (Lipinski definition) is 5. The van der Waals surface area contributed by atoms with Crippen molar-refractivity contribution in [3.63, 3.8) is 0 Å². The first-order valence-electron chi connectivity index (χ1n) is 10.0. The van der Waals surface area contributed by atoms with Gasteiger partial charge in [-0.1, -0.05) is 11.6 Å². The molecule has 0 bridgehead atoms. The number of benzene rings is 1. The van der Waals surface area contributed by atoms with E-state index in [2.05, 4.69) is 10.1 Å². The van der Waals surface area contributed by atoms with E-state index in [0.29, 0.717) is 23.5 Å². The summed E-state index contributed by atoms with van der Waals surface area (Å²) in [5, 5.41) is 13.4. The van der Waals surface area contributed by atoms with E-state index in [1.807, 2.05) is 6.07 Å². The quantitative estimate of drug-likeness (QED) is 0.501. The fourth-order valence-corrected chi connectivity index (χ4v) is 3.74. The van der Waals surface area contributed by atoms with E-state index in [1.54, 1.807) is 6.20 Å². The third kappa shape index (κ3) is 4.54. The minimum Gasteiger partial charge on any atom is -0.480 e. The average molecular weight is 494 g/mol. The lowest BCUT2D eigenvalue weighted by atomic mass is 10.0. The van der Waals surface area contributed by atoms with Crippen LogP contribution >= 0.6 is 11.6 Å². The maximum absolute atomic E-state index is 13.4. The summed E-state index contributed by atoms with van der Waals surface area (Å²) in [6.45, 7) is 1.11. The van der Waals surface area contributed by atoms with Crippen molar-refractivity contribution in [3.05, 3.63) is 69.9 Å². The fourth-order valence-electron chi connectivity index (χ4n) is 3.47. The number of nitriles is 1. The molecule has 0 aliphatic carbocycles. The molecule has 1 aliphatic heterocycles. The largest absolute Gasteiger partial charge is 0.480 e. The Labute approximate surface area is 196 Å². The first kappa shape index (κ1) is 23.5. The molecule has 2 aromatic heterocycles. The van der Waals surface area contributed by atoms with Gasteiger partial charge in [-0.3, -0.25) is 4.79 Å². The maximum atomic E-state index is 13.4. The summed E-state index contributed by atoms with van der Waals surface area (Å²) >= 11 is 6.24. The molecule has 0 saturated heterocycles. The zero-order valence-electron chi connectivity index (χ0n) is 17.6. The molecule has 7 nitrogen and oxygen atoms in total. The van der Waals surface area contributed by atoms with E-state index in [4.69, 9.17) is 16.3 Å². The first-order chi connectivity index (χ1) is 16.1. The van der Waals surface area contributed by atoms with Gasteiger partial charge < -0.3 is 9.64 Å². The van der Waals surface area contributed by atoms with Crippen LogP contribution in [0.5, 0.6) is 5.75 Å². The van der Waals surface area contributed by atoms with Gasteiger partial charge in [-0.15, -0.1) is 0 Å². The molecule has 3 heterocycles. The van der Waals surface area contributed by atoms with Gasteiger partial charge in [-0.25, -0.2) is 14.1 Å². The SMILES string of the molecule is CC(Oc1ccc(C#N)c(Cl)c1C(=O)N1CCc2nn(-c3ccc(F)cn3)cc2C1)C(F)(F)F. The lowest BCUT2D eigenvalue weighted by Gasteiger charge is -2.28. The second kappa shape index (κ2) is 8.95. The Bertz CT molecular complexity index is 1280. The Kier molecular flexibility index (Phi) is 6.18. The summed E-state index contributed by atoms with van der Waals surface area (Å²) < 4.78 is 58.8. The van der Waals surface area contributed by atoms with Crippen molar-refractivity contribution in [3.8, 4) is 17.6 Å². The standard InChI is InChI=1S/C22H16ClF4N5O2/c1-12(22(25,26)27)34-17-4-2-13(8-28)20(23)19(17)21(33)31-7-6-16-14(10-31)11-32(30-16)18-5-3-15(24)9-29-18/h2-5,9,11-12H,6-7,10H2,1H3. The lowest BCUT2D eigenvalue weighted by Crippen LogP contribution is -2.37. The maximum Gasteiger partial charge on any atom is 0.425 e. The third-order valence-corrected chi connectivity index (χ3v) is 5.69. The summed E-state index contributed by atoms with van der Waals surface area (Å²) in [6, 6.07) is 6.85. The zero-order valence-corrected chi connectivity index (χ0v) is 18.4. The molecule has 1 unspecified atom stereocenters. The topological polar surface area (TPSA) is 84.0 Å². The van der Waals surface area contributed by atoms with E-state index < -0.39 is 24.0 Å². The van der Waals surface area contributed by atoms with E-state index in [1.165, 1.54) is 27.8 Å². The highest BCUT2D eigenvalue weighted by molar-refractivity contribution is 6.35. The molecule has 12 heteroatoms. The van der Waals surface area contributed by atoms with Crippen molar-refractivity contribution < 1.29 is 27.1 Å². The molecule has 0 saturated carbocycles. The van der Waals surface area contributed by atoms with Crippen LogP contribution in [0.15, 0.2) is 36.7 Å². The number of fused-ring (bicyclic) bond motifs is 1. The zero-order chi connectivity index (χ0) is 24.6. The van der Waals surface area contributed by atoms with Crippen LogP contribution in [0, 0.1) is 17.1 Å². The van der Waals surface area contributed by atoms with Gasteiger partial charge in [0.05, 0.1) is 22.5 Å². The van der Waals surface area contributed by atoms with Gasteiger partial charge in [0.1, 0.15) is 23.2 Å². The van der Waals surface area contributed by atoms with Crippen LogP contribution in [0.1, 0.15) is 34.1 Å². The van der Waals surface area contributed by atoms with E-state index in [-0.39, 0.29) is 35.0 Å². The number of hydrogen-bond donors (Lipinski definition) is 0. The summed E-state index contributed by atoms with van der Waals surface area (Å²) in [7, 11) is 0. The van der Waals surface area contributed by atoms with E-state index in [9.17, 15) is 27.6 Å². The number of carbonyl (C=O) groups is 1. The van der Waals surface area contributed by atoms with Gasteiger partial charge >= 0.3 is 6.18 Å². The first-order valence-corrected chi connectivity index (χ1v) is 10.4.